The lowest BCUT2D eigenvalue weighted by Crippen LogP contribution is -2.46. The molecule has 0 saturated heterocycles. The van der Waals surface area contributed by atoms with Crippen molar-refractivity contribution >= 4 is 29.2 Å². The molecule has 0 fully saturated rings. The van der Waals surface area contributed by atoms with Gasteiger partial charge in [-0.3, -0.25) is 19.7 Å². The van der Waals surface area contributed by atoms with Gasteiger partial charge in [-0.2, -0.15) is 0 Å². The summed E-state index contributed by atoms with van der Waals surface area (Å²) in [5.74, 6) is -2.35. The number of aliphatic carboxylic acids is 1. The molecule has 0 aliphatic carbocycles. The van der Waals surface area contributed by atoms with Gasteiger partial charge in [0.05, 0.1) is 10.5 Å². The molecule has 10 nitrogen and oxygen atoms in total. The minimum atomic E-state index is -1.25. The fourth-order valence-electron chi connectivity index (χ4n) is 2.01. The molecule has 10 heteroatoms. The predicted octanol–water partition coefficient (Wildman–Crippen LogP) is 0.228. The summed E-state index contributed by atoms with van der Waals surface area (Å²) in [6, 6.07) is 2.52. The minimum Gasteiger partial charge on any atom is -0.480 e. The summed E-state index contributed by atoms with van der Waals surface area (Å²) >= 11 is 0. The van der Waals surface area contributed by atoms with E-state index in [1.807, 2.05) is 0 Å². The highest BCUT2D eigenvalue weighted by molar-refractivity contribution is 6.02. The van der Waals surface area contributed by atoms with Crippen LogP contribution >= 0.6 is 0 Å². The molecule has 0 aliphatic rings. The first-order valence-corrected chi connectivity index (χ1v) is 6.98. The van der Waals surface area contributed by atoms with Crippen LogP contribution in [0, 0.1) is 10.1 Å². The molecule has 1 aromatic rings. The Morgan fingerprint density at radius 3 is 2.54 bits per heavy atom. The summed E-state index contributed by atoms with van der Waals surface area (Å²) in [5.41, 5.74) is 4.73. The van der Waals surface area contributed by atoms with Crippen molar-refractivity contribution in [2.75, 3.05) is 18.8 Å². The summed E-state index contributed by atoms with van der Waals surface area (Å²) in [6.45, 7) is 2.52. The second kappa shape index (κ2) is 7.90. The normalized spacial score (nSPS) is 11.4. The zero-order valence-electron chi connectivity index (χ0n) is 13.2. The molecule has 0 aromatic heterocycles. The van der Waals surface area contributed by atoms with Crippen LogP contribution in [0.15, 0.2) is 18.2 Å². The van der Waals surface area contributed by atoms with Crippen LogP contribution in [0.3, 0.4) is 0 Å². The number of anilines is 1. The quantitative estimate of drug-likeness (QED) is 0.365. The van der Waals surface area contributed by atoms with Crippen LogP contribution in [-0.4, -0.2) is 51.8 Å². The molecule has 4 N–H and O–H groups in total. The molecule has 2 amide bonds. The number of benzene rings is 1. The first-order valence-electron chi connectivity index (χ1n) is 6.98. The van der Waals surface area contributed by atoms with E-state index in [0.717, 1.165) is 11.0 Å². The monoisotopic (exact) mass is 338 g/mol. The third-order valence-corrected chi connectivity index (χ3v) is 3.32. The Morgan fingerprint density at radius 1 is 1.42 bits per heavy atom. The van der Waals surface area contributed by atoms with Crippen molar-refractivity contribution in [3.63, 3.8) is 0 Å². The maximum absolute atomic E-state index is 12.6. The summed E-state index contributed by atoms with van der Waals surface area (Å²) < 4.78 is 0. The fourth-order valence-corrected chi connectivity index (χ4v) is 2.01. The maximum Gasteiger partial charge on any atom is 0.326 e. The van der Waals surface area contributed by atoms with Gasteiger partial charge >= 0.3 is 5.97 Å². The second-order valence-electron chi connectivity index (χ2n) is 4.99. The van der Waals surface area contributed by atoms with E-state index < -0.39 is 28.5 Å². The Morgan fingerprint density at radius 2 is 2.04 bits per heavy atom. The van der Waals surface area contributed by atoms with E-state index in [0.29, 0.717) is 0 Å². The SMILES string of the molecule is CC(=O)NCCN(C(=O)c1cccc([N+](=O)[O-])c1N)C(C)C(=O)O. The van der Waals surface area contributed by atoms with E-state index >= 15 is 0 Å². The number of nitrogens with two attached hydrogens (primary N) is 1. The fraction of sp³-hybridized carbons (Fsp3) is 0.357. The molecule has 0 heterocycles. The van der Waals surface area contributed by atoms with Crippen LogP contribution in [-0.2, 0) is 9.59 Å². The second-order valence-corrected chi connectivity index (χ2v) is 4.99. The average molecular weight is 338 g/mol. The number of carbonyl (C=O) groups is 3. The van der Waals surface area contributed by atoms with Crippen LogP contribution in [0.5, 0.6) is 0 Å². The van der Waals surface area contributed by atoms with Crippen molar-refractivity contribution in [3.8, 4) is 0 Å². The number of nitrogens with zero attached hydrogens (tertiary/aromatic N) is 2. The molecule has 0 saturated carbocycles. The van der Waals surface area contributed by atoms with Crippen molar-refractivity contribution in [3.05, 3.63) is 33.9 Å². The van der Waals surface area contributed by atoms with E-state index in [9.17, 15) is 24.5 Å². The van der Waals surface area contributed by atoms with Gasteiger partial charge in [-0.1, -0.05) is 6.07 Å². The van der Waals surface area contributed by atoms with E-state index in [1.54, 1.807) is 0 Å². The zero-order valence-corrected chi connectivity index (χ0v) is 13.2. The van der Waals surface area contributed by atoms with Crippen molar-refractivity contribution in [1.29, 1.82) is 0 Å². The van der Waals surface area contributed by atoms with Gasteiger partial charge in [0.15, 0.2) is 0 Å². The lowest BCUT2D eigenvalue weighted by molar-refractivity contribution is -0.383. The Balaban J connectivity index is 3.16. The Bertz CT molecular complexity index is 675. The summed E-state index contributed by atoms with van der Waals surface area (Å²) in [5, 5.41) is 22.5. The Kier molecular flexibility index (Phi) is 6.22. The van der Waals surface area contributed by atoms with Gasteiger partial charge in [0.25, 0.3) is 11.6 Å². The predicted molar refractivity (Wildman–Crippen MR) is 84.3 cm³/mol. The first-order chi connectivity index (χ1) is 11.2. The number of nitrogen functional groups attached to an aromatic ring is 1. The third-order valence-electron chi connectivity index (χ3n) is 3.32. The number of hydrogen-bond acceptors (Lipinski definition) is 6. The first kappa shape index (κ1) is 18.9. The van der Waals surface area contributed by atoms with Crippen LogP contribution < -0.4 is 11.1 Å². The smallest absolute Gasteiger partial charge is 0.326 e. The van der Waals surface area contributed by atoms with Crippen LogP contribution in [0.1, 0.15) is 24.2 Å². The number of amides is 2. The van der Waals surface area contributed by atoms with Gasteiger partial charge in [-0.25, -0.2) is 4.79 Å². The van der Waals surface area contributed by atoms with Crippen molar-refractivity contribution in [2.24, 2.45) is 0 Å². The van der Waals surface area contributed by atoms with Crippen molar-refractivity contribution in [1.82, 2.24) is 10.2 Å². The van der Waals surface area contributed by atoms with E-state index in [-0.39, 0.29) is 30.2 Å². The average Bonchev–Trinajstić information content (AvgIpc) is 2.50. The third kappa shape index (κ3) is 4.41. The number of rotatable bonds is 7. The van der Waals surface area contributed by atoms with Crippen molar-refractivity contribution < 1.29 is 24.4 Å². The number of para-hydroxylation sites is 1. The number of carboxylic acid groups (broad SMARTS) is 1. The van der Waals surface area contributed by atoms with Gasteiger partial charge in [-0.15, -0.1) is 0 Å². The molecule has 0 bridgehead atoms. The molecular formula is C14H18N4O6. The van der Waals surface area contributed by atoms with Crippen LogP contribution in [0.4, 0.5) is 11.4 Å². The van der Waals surface area contributed by atoms with E-state index in [4.69, 9.17) is 10.8 Å². The molecular weight excluding hydrogens is 320 g/mol. The highest BCUT2D eigenvalue weighted by atomic mass is 16.6. The highest BCUT2D eigenvalue weighted by Gasteiger charge is 2.29. The van der Waals surface area contributed by atoms with Gasteiger partial charge in [0.2, 0.25) is 5.91 Å². The summed E-state index contributed by atoms with van der Waals surface area (Å²) in [4.78, 5) is 45.9. The number of nitrogens with one attached hydrogen (secondary N) is 1. The number of carboxylic acids is 1. The largest absolute Gasteiger partial charge is 0.480 e. The van der Waals surface area contributed by atoms with Crippen LogP contribution in [0.25, 0.3) is 0 Å². The zero-order chi connectivity index (χ0) is 18.4. The molecule has 1 atom stereocenters. The Hall–Kier alpha value is -3.17. The summed E-state index contributed by atoms with van der Waals surface area (Å²) in [7, 11) is 0. The van der Waals surface area contributed by atoms with Crippen molar-refractivity contribution in [2.45, 2.75) is 19.9 Å². The van der Waals surface area contributed by atoms with Gasteiger partial charge < -0.3 is 21.1 Å². The topological polar surface area (TPSA) is 156 Å². The number of hydrogen-bond donors (Lipinski definition) is 3. The van der Waals surface area contributed by atoms with Gasteiger partial charge in [0.1, 0.15) is 11.7 Å². The lowest BCUT2D eigenvalue weighted by Gasteiger charge is -2.27. The Labute approximate surface area is 137 Å². The lowest BCUT2D eigenvalue weighted by atomic mass is 10.1. The molecule has 1 aromatic carbocycles. The van der Waals surface area contributed by atoms with Crippen LogP contribution in [0.2, 0.25) is 0 Å². The molecule has 24 heavy (non-hydrogen) atoms. The van der Waals surface area contributed by atoms with Gasteiger partial charge in [-0.05, 0) is 13.0 Å². The summed E-state index contributed by atoms with van der Waals surface area (Å²) in [6.07, 6.45) is 0. The number of nitro groups is 1. The molecule has 1 rings (SSSR count). The molecule has 130 valence electrons. The number of nitro benzene ring substituents is 1. The standard InChI is InChI=1S/C14H18N4O6/c1-8(14(21)22)17(7-6-16-9(2)19)13(20)10-4-3-5-11(12(10)15)18(23)24/h3-5,8H,6-7,15H2,1-2H3,(H,16,19)(H,21,22). The van der Waals surface area contributed by atoms with E-state index in [2.05, 4.69) is 5.32 Å². The highest BCUT2D eigenvalue weighted by Crippen LogP contribution is 2.26. The van der Waals surface area contributed by atoms with E-state index in [1.165, 1.54) is 26.0 Å². The van der Waals surface area contributed by atoms with Gasteiger partial charge in [0, 0.05) is 26.1 Å². The molecule has 0 aliphatic heterocycles. The number of carbonyl (C=O) groups excluding carboxylic acids is 2. The minimum absolute atomic E-state index is 0.0352. The molecule has 1 unspecified atom stereocenters. The molecule has 0 radical (unpaired) electrons. The maximum atomic E-state index is 12.6. The molecule has 0 spiro atoms.